The number of allylic oxidation sites excluding steroid dienone is 2. The van der Waals surface area contributed by atoms with Crippen molar-refractivity contribution in [3.63, 3.8) is 0 Å². The van der Waals surface area contributed by atoms with Crippen molar-refractivity contribution >= 4 is 23.3 Å². The van der Waals surface area contributed by atoms with Crippen molar-refractivity contribution in [2.45, 2.75) is 31.6 Å². The molecule has 0 saturated carbocycles. The number of benzene rings is 2. The van der Waals surface area contributed by atoms with E-state index in [0.717, 1.165) is 5.56 Å². The minimum Gasteiger partial charge on any atom is -0.496 e. The largest absolute Gasteiger partial charge is 0.496 e. The van der Waals surface area contributed by atoms with Gasteiger partial charge in [-0.05, 0) is 31.0 Å². The number of carbonyl (C=O) groups is 3. The van der Waals surface area contributed by atoms with Crippen molar-refractivity contribution in [2.75, 3.05) is 12.0 Å². The number of Topliss-reactive ketones (excluding diaryl/α,β-unsaturated/α-hetero) is 1. The maximum atomic E-state index is 13.3. The monoisotopic (exact) mass is 390 g/mol. The van der Waals surface area contributed by atoms with Gasteiger partial charge in [-0.3, -0.25) is 19.3 Å². The van der Waals surface area contributed by atoms with Crippen LogP contribution in [-0.2, 0) is 9.59 Å². The molecule has 0 fully saturated rings. The lowest BCUT2D eigenvalue weighted by atomic mass is 9.76. The summed E-state index contributed by atoms with van der Waals surface area (Å²) in [5.41, 5.74) is 8.38. The lowest BCUT2D eigenvalue weighted by Gasteiger charge is -2.39. The Morgan fingerprint density at radius 3 is 2.55 bits per heavy atom. The highest BCUT2D eigenvalue weighted by atomic mass is 16.5. The van der Waals surface area contributed by atoms with Crippen LogP contribution in [0.4, 0.5) is 5.69 Å². The highest BCUT2D eigenvalue weighted by Crippen LogP contribution is 2.45. The van der Waals surface area contributed by atoms with Gasteiger partial charge in [-0.1, -0.05) is 30.3 Å². The van der Waals surface area contributed by atoms with Gasteiger partial charge in [0.05, 0.1) is 18.4 Å². The van der Waals surface area contributed by atoms with Crippen LogP contribution in [0.1, 0.15) is 47.5 Å². The van der Waals surface area contributed by atoms with Crippen LogP contribution in [0.3, 0.4) is 0 Å². The van der Waals surface area contributed by atoms with E-state index in [-0.39, 0.29) is 29.6 Å². The lowest BCUT2D eigenvalue weighted by molar-refractivity contribution is -0.119. The SMILES string of the molecule is COc1ccccc1C1CC(=O)N(c2ccccc2C(N)=O)C2=C1C(=O)CCC2. The Hall–Kier alpha value is -3.41. The number of ketones is 1. The van der Waals surface area contributed by atoms with Crippen LogP contribution in [0, 0.1) is 0 Å². The molecule has 29 heavy (non-hydrogen) atoms. The van der Waals surface area contributed by atoms with Crippen molar-refractivity contribution in [1.29, 1.82) is 0 Å². The molecule has 6 nitrogen and oxygen atoms in total. The Morgan fingerprint density at radius 2 is 1.79 bits per heavy atom. The van der Waals surface area contributed by atoms with Crippen LogP contribution < -0.4 is 15.4 Å². The van der Waals surface area contributed by atoms with Crippen molar-refractivity contribution in [3.05, 3.63) is 70.9 Å². The Bertz CT molecular complexity index is 1040. The Balaban J connectivity index is 1.92. The smallest absolute Gasteiger partial charge is 0.250 e. The quantitative estimate of drug-likeness (QED) is 0.867. The Labute approximate surface area is 168 Å². The molecule has 0 saturated heterocycles. The summed E-state index contributed by atoms with van der Waals surface area (Å²) in [6.45, 7) is 0. The molecule has 2 aromatic rings. The van der Waals surface area contributed by atoms with E-state index in [9.17, 15) is 14.4 Å². The predicted molar refractivity (Wildman–Crippen MR) is 109 cm³/mol. The third-order valence-corrected chi connectivity index (χ3v) is 5.60. The summed E-state index contributed by atoms with van der Waals surface area (Å²) in [7, 11) is 1.58. The number of methoxy groups -OCH3 is 1. The Morgan fingerprint density at radius 1 is 1.07 bits per heavy atom. The van der Waals surface area contributed by atoms with E-state index in [4.69, 9.17) is 10.5 Å². The van der Waals surface area contributed by atoms with Crippen LogP contribution in [-0.4, -0.2) is 24.7 Å². The van der Waals surface area contributed by atoms with Gasteiger partial charge in [-0.15, -0.1) is 0 Å². The first-order chi connectivity index (χ1) is 14.0. The topological polar surface area (TPSA) is 89.7 Å². The summed E-state index contributed by atoms with van der Waals surface area (Å²) in [6, 6.07) is 14.2. The van der Waals surface area contributed by atoms with Crippen LogP contribution >= 0.6 is 0 Å². The second-order valence-corrected chi connectivity index (χ2v) is 7.25. The average molecular weight is 390 g/mol. The summed E-state index contributed by atoms with van der Waals surface area (Å²) in [4.78, 5) is 39.8. The first-order valence-corrected chi connectivity index (χ1v) is 9.64. The van der Waals surface area contributed by atoms with E-state index in [1.165, 1.54) is 4.90 Å². The predicted octanol–water partition coefficient (Wildman–Crippen LogP) is 3.32. The highest BCUT2D eigenvalue weighted by molar-refractivity contribution is 6.10. The number of carbonyl (C=O) groups excluding carboxylic acids is 3. The number of hydrogen-bond acceptors (Lipinski definition) is 4. The molecule has 1 aliphatic carbocycles. The molecule has 6 heteroatoms. The molecule has 0 radical (unpaired) electrons. The molecule has 0 aromatic heterocycles. The zero-order valence-electron chi connectivity index (χ0n) is 16.2. The first-order valence-electron chi connectivity index (χ1n) is 9.64. The number of rotatable bonds is 4. The molecule has 2 aliphatic rings. The number of primary amides is 1. The summed E-state index contributed by atoms with van der Waals surface area (Å²) < 4.78 is 5.49. The van der Waals surface area contributed by atoms with Crippen LogP contribution in [0.2, 0.25) is 0 Å². The van der Waals surface area contributed by atoms with E-state index < -0.39 is 5.91 Å². The summed E-state index contributed by atoms with van der Waals surface area (Å²) >= 11 is 0. The number of hydrogen-bond donors (Lipinski definition) is 1. The van der Waals surface area contributed by atoms with E-state index in [1.807, 2.05) is 24.3 Å². The standard InChI is InChI=1S/C23H22N2O4/c1-29-20-12-5-3-7-14(20)16-13-21(27)25(18-10-6-11-19(26)22(16)18)17-9-4-2-8-15(17)23(24)28/h2-5,7-9,12,16H,6,10-11,13H2,1H3,(H2,24,28). The third kappa shape index (κ3) is 3.20. The number of nitrogens with zero attached hydrogens (tertiary/aromatic N) is 1. The zero-order chi connectivity index (χ0) is 20.5. The van der Waals surface area contributed by atoms with E-state index in [2.05, 4.69) is 0 Å². The molecule has 2 aromatic carbocycles. The van der Waals surface area contributed by atoms with Crippen LogP contribution in [0.25, 0.3) is 0 Å². The van der Waals surface area contributed by atoms with Gasteiger partial charge in [0, 0.05) is 35.6 Å². The molecule has 1 unspecified atom stereocenters. The maximum absolute atomic E-state index is 13.3. The van der Waals surface area contributed by atoms with Gasteiger partial charge >= 0.3 is 0 Å². The molecule has 1 atom stereocenters. The molecular formula is C23H22N2O4. The number of para-hydroxylation sites is 2. The highest BCUT2D eigenvalue weighted by Gasteiger charge is 2.41. The molecule has 0 spiro atoms. The fourth-order valence-corrected chi connectivity index (χ4v) is 4.37. The number of ether oxygens (including phenoxy) is 1. The zero-order valence-corrected chi connectivity index (χ0v) is 16.2. The summed E-state index contributed by atoms with van der Waals surface area (Å²) in [5.74, 6) is -0.441. The average Bonchev–Trinajstić information content (AvgIpc) is 2.73. The Kier molecular flexibility index (Phi) is 4.92. The third-order valence-electron chi connectivity index (χ3n) is 5.60. The van der Waals surface area contributed by atoms with Crippen LogP contribution in [0.15, 0.2) is 59.8 Å². The molecule has 4 rings (SSSR count). The van der Waals surface area contributed by atoms with Gasteiger partial charge in [0.25, 0.3) is 5.91 Å². The van der Waals surface area contributed by atoms with Gasteiger partial charge in [0.1, 0.15) is 5.75 Å². The molecule has 2 N–H and O–H groups in total. The van der Waals surface area contributed by atoms with Crippen molar-refractivity contribution in [3.8, 4) is 5.75 Å². The lowest BCUT2D eigenvalue weighted by Crippen LogP contribution is -2.41. The molecule has 0 bridgehead atoms. The number of anilines is 1. The molecule has 2 amide bonds. The van der Waals surface area contributed by atoms with Crippen molar-refractivity contribution in [1.82, 2.24) is 0 Å². The second kappa shape index (κ2) is 7.54. The second-order valence-electron chi connectivity index (χ2n) is 7.25. The molecular weight excluding hydrogens is 368 g/mol. The number of amides is 2. The van der Waals surface area contributed by atoms with E-state index in [0.29, 0.717) is 42.0 Å². The number of nitrogens with two attached hydrogens (primary N) is 1. The van der Waals surface area contributed by atoms with Gasteiger partial charge in [0.15, 0.2) is 5.78 Å². The molecule has 1 aliphatic heterocycles. The molecule has 1 heterocycles. The first kappa shape index (κ1) is 18.9. The fourth-order valence-electron chi connectivity index (χ4n) is 4.37. The summed E-state index contributed by atoms with van der Waals surface area (Å²) in [5, 5.41) is 0. The maximum Gasteiger partial charge on any atom is 0.250 e. The fraction of sp³-hybridized carbons (Fsp3) is 0.261. The van der Waals surface area contributed by atoms with Crippen LogP contribution in [0.5, 0.6) is 5.75 Å². The van der Waals surface area contributed by atoms with Gasteiger partial charge in [-0.2, -0.15) is 0 Å². The minimum atomic E-state index is -0.607. The van der Waals surface area contributed by atoms with Crippen molar-refractivity contribution in [2.24, 2.45) is 5.73 Å². The van der Waals surface area contributed by atoms with E-state index in [1.54, 1.807) is 31.4 Å². The molecule has 148 valence electrons. The minimum absolute atomic E-state index is 0.0382. The van der Waals surface area contributed by atoms with Gasteiger partial charge < -0.3 is 10.5 Å². The normalized spacial score (nSPS) is 19.2. The van der Waals surface area contributed by atoms with E-state index >= 15 is 0 Å². The van der Waals surface area contributed by atoms with Gasteiger partial charge in [-0.25, -0.2) is 0 Å². The van der Waals surface area contributed by atoms with Gasteiger partial charge in [0.2, 0.25) is 5.91 Å². The summed E-state index contributed by atoms with van der Waals surface area (Å²) in [6.07, 6.45) is 1.83. The van der Waals surface area contributed by atoms with Crippen molar-refractivity contribution < 1.29 is 19.1 Å².